The Hall–Kier alpha value is -2.96. The van der Waals surface area contributed by atoms with Gasteiger partial charge in [0.1, 0.15) is 22.9 Å². The molecule has 0 atom stereocenters. The Morgan fingerprint density at radius 2 is 1.75 bits per heavy atom. The van der Waals surface area contributed by atoms with E-state index in [4.69, 9.17) is 9.84 Å². The zero-order valence-electron chi connectivity index (χ0n) is 9.95. The first-order chi connectivity index (χ1) is 9.47. The predicted molar refractivity (Wildman–Crippen MR) is 66.5 cm³/mol. The maximum Gasteiger partial charge on any atom is 0.342 e. The van der Waals surface area contributed by atoms with Gasteiger partial charge in [-0.25, -0.2) is 9.18 Å². The fourth-order valence-electron chi connectivity index (χ4n) is 1.55. The van der Waals surface area contributed by atoms with Crippen LogP contribution in [0.1, 0.15) is 10.4 Å². The minimum Gasteiger partial charge on any atom is -0.477 e. The Kier molecular flexibility index (Phi) is 3.60. The molecule has 0 bridgehead atoms. The lowest BCUT2D eigenvalue weighted by Gasteiger charge is -2.06. The van der Waals surface area contributed by atoms with Crippen molar-refractivity contribution in [2.75, 3.05) is 0 Å². The van der Waals surface area contributed by atoms with E-state index < -0.39 is 28.0 Å². The minimum atomic E-state index is -1.43. The summed E-state index contributed by atoms with van der Waals surface area (Å²) in [7, 11) is 0. The first-order valence-electron chi connectivity index (χ1n) is 5.42. The highest BCUT2D eigenvalue weighted by Crippen LogP contribution is 2.27. The molecule has 102 valence electrons. The lowest BCUT2D eigenvalue weighted by Crippen LogP contribution is -2.02. The van der Waals surface area contributed by atoms with Gasteiger partial charge in [0.2, 0.25) is 0 Å². The third-order valence-electron chi connectivity index (χ3n) is 2.44. The van der Waals surface area contributed by atoms with Gasteiger partial charge in [-0.05, 0) is 30.3 Å². The van der Waals surface area contributed by atoms with Crippen molar-refractivity contribution in [3.05, 3.63) is 64.0 Å². The molecule has 0 aliphatic carbocycles. The quantitative estimate of drug-likeness (QED) is 0.684. The highest BCUT2D eigenvalue weighted by atomic mass is 19.1. The lowest BCUT2D eigenvalue weighted by molar-refractivity contribution is -0.385. The SMILES string of the molecule is O=C(O)c1cc(Oc2ccc(F)cc2)ccc1[N+](=O)[O-]. The third kappa shape index (κ3) is 2.89. The number of carboxylic acid groups (broad SMARTS) is 1. The molecule has 0 unspecified atom stereocenters. The number of halogens is 1. The first-order valence-corrected chi connectivity index (χ1v) is 5.42. The van der Waals surface area contributed by atoms with Crippen molar-refractivity contribution in [1.29, 1.82) is 0 Å². The fraction of sp³-hybridized carbons (Fsp3) is 0. The van der Waals surface area contributed by atoms with Crippen molar-refractivity contribution in [3.63, 3.8) is 0 Å². The van der Waals surface area contributed by atoms with Crippen LogP contribution in [0.15, 0.2) is 42.5 Å². The molecule has 0 aliphatic rings. The second-order valence-electron chi connectivity index (χ2n) is 3.80. The van der Waals surface area contributed by atoms with Crippen molar-refractivity contribution in [3.8, 4) is 11.5 Å². The van der Waals surface area contributed by atoms with Crippen LogP contribution in [0.4, 0.5) is 10.1 Å². The number of ether oxygens (including phenoxy) is 1. The smallest absolute Gasteiger partial charge is 0.342 e. The molecular weight excluding hydrogens is 269 g/mol. The number of nitro benzene ring substituents is 1. The molecule has 1 N–H and O–H groups in total. The Balaban J connectivity index is 2.34. The van der Waals surface area contributed by atoms with Gasteiger partial charge in [-0.1, -0.05) is 0 Å². The van der Waals surface area contributed by atoms with Gasteiger partial charge in [-0.15, -0.1) is 0 Å². The molecule has 2 rings (SSSR count). The Bertz CT molecular complexity index is 669. The number of aromatic carboxylic acids is 1. The van der Waals surface area contributed by atoms with E-state index in [0.29, 0.717) is 0 Å². The summed E-state index contributed by atoms with van der Waals surface area (Å²) >= 11 is 0. The molecule has 0 aromatic heterocycles. The van der Waals surface area contributed by atoms with Crippen LogP contribution in [0.3, 0.4) is 0 Å². The molecule has 20 heavy (non-hydrogen) atoms. The van der Waals surface area contributed by atoms with E-state index in [9.17, 15) is 19.3 Å². The molecule has 0 amide bonds. The molecule has 0 fully saturated rings. The third-order valence-corrected chi connectivity index (χ3v) is 2.44. The van der Waals surface area contributed by atoms with Crippen LogP contribution in [-0.4, -0.2) is 16.0 Å². The summed E-state index contributed by atoms with van der Waals surface area (Å²) in [6.07, 6.45) is 0. The number of benzene rings is 2. The molecule has 2 aromatic carbocycles. The Morgan fingerprint density at radius 1 is 1.15 bits per heavy atom. The number of rotatable bonds is 4. The molecule has 0 saturated carbocycles. The normalized spacial score (nSPS) is 10.1. The lowest BCUT2D eigenvalue weighted by atomic mass is 10.1. The van der Waals surface area contributed by atoms with Gasteiger partial charge in [0.05, 0.1) is 4.92 Å². The maximum atomic E-state index is 12.7. The van der Waals surface area contributed by atoms with E-state index in [1.807, 2.05) is 0 Å². The van der Waals surface area contributed by atoms with Crippen molar-refractivity contribution < 1.29 is 24.0 Å². The van der Waals surface area contributed by atoms with E-state index >= 15 is 0 Å². The molecule has 6 nitrogen and oxygen atoms in total. The van der Waals surface area contributed by atoms with Crippen molar-refractivity contribution >= 4 is 11.7 Å². The molecule has 0 aliphatic heterocycles. The largest absolute Gasteiger partial charge is 0.477 e. The molecular formula is C13H8FNO5. The van der Waals surface area contributed by atoms with E-state index in [0.717, 1.165) is 12.1 Å². The van der Waals surface area contributed by atoms with E-state index in [-0.39, 0.29) is 11.5 Å². The number of hydrogen-bond donors (Lipinski definition) is 1. The zero-order valence-corrected chi connectivity index (χ0v) is 9.95. The van der Waals surface area contributed by atoms with Crippen LogP contribution in [0.5, 0.6) is 11.5 Å². The zero-order chi connectivity index (χ0) is 14.7. The van der Waals surface area contributed by atoms with Gasteiger partial charge in [-0.3, -0.25) is 10.1 Å². The summed E-state index contributed by atoms with van der Waals surface area (Å²) in [5, 5.41) is 19.6. The van der Waals surface area contributed by atoms with Crippen LogP contribution in [0.2, 0.25) is 0 Å². The van der Waals surface area contributed by atoms with E-state index in [1.165, 1.54) is 30.3 Å². The van der Waals surface area contributed by atoms with Gasteiger partial charge >= 0.3 is 5.97 Å². The second-order valence-corrected chi connectivity index (χ2v) is 3.80. The summed E-state index contributed by atoms with van der Waals surface area (Å²) in [5.74, 6) is -1.47. The summed E-state index contributed by atoms with van der Waals surface area (Å²) < 4.78 is 18.0. The van der Waals surface area contributed by atoms with Gasteiger partial charge in [0.15, 0.2) is 0 Å². The second kappa shape index (κ2) is 5.35. The van der Waals surface area contributed by atoms with Crippen LogP contribution in [0.25, 0.3) is 0 Å². The number of nitrogens with zero attached hydrogens (tertiary/aromatic N) is 1. The van der Waals surface area contributed by atoms with Gasteiger partial charge in [0.25, 0.3) is 5.69 Å². The molecule has 0 saturated heterocycles. The van der Waals surface area contributed by atoms with Crippen LogP contribution < -0.4 is 4.74 Å². The Morgan fingerprint density at radius 3 is 2.30 bits per heavy atom. The summed E-state index contributed by atoms with van der Waals surface area (Å²) in [5.41, 5.74) is -1.00. The van der Waals surface area contributed by atoms with Gasteiger partial charge in [-0.2, -0.15) is 0 Å². The molecule has 0 radical (unpaired) electrons. The maximum absolute atomic E-state index is 12.7. The first kappa shape index (κ1) is 13.5. The van der Waals surface area contributed by atoms with Gasteiger partial charge in [0, 0.05) is 12.1 Å². The molecule has 2 aromatic rings. The highest BCUT2D eigenvalue weighted by molar-refractivity contribution is 5.92. The Labute approximate surface area is 112 Å². The van der Waals surface area contributed by atoms with Crippen LogP contribution >= 0.6 is 0 Å². The van der Waals surface area contributed by atoms with E-state index in [1.54, 1.807) is 0 Å². The standard InChI is InChI=1S/C13H8FNO5/c14-8-1-3-9(4-2-8)20-10-5-6-12(15(18)19)11(7-10)13(16)17/h1-7H,(H,16,17). The summed E-state index contributed by atoms with van der Waals surface area (Å²) in [4.78, 5) is 20.9. The molecule has 0 heterocycles. The summed E-state index contributed by atoms with van der Waals surface area (Å²) in [6.45, 7) is 0. The monoisotopic (exact) mass is 277 g/mol. The molecule has 7 heteroatoms. The number of nitro groups is 1. The number of carbonyl (C=O) groups is 1. The highest BCUT2D eigenvalue weighted by Gasteiger charge is 2.20. The topological polar surface area (TPSA) is 89.7 Å². The molecule has 0 spiro atoms. The van der Waals surface area contributed by atoms with Crippen LogP contribution in [0, 0.1) is 15.9 Å². The average Bonchev–Trinajstić information content (AvgIpc) is 2.41. The minimum absolute atomic E-state index is 0.111. The summed E-state index contributed by atoms with van der Waals surface area (Å²) in [6, 6.07) is 8.44. The van der Waals surface area contributed by atoms with E-state index in [2.05, 4.69) is 0 Å². The van der Waals surface area contributed by atoms with Gasteiger partial charge < -0.3 is 9.84 Å². The van der Waals surface area contributed by atoms with Crippen molar-refractivity contribution in [1.82, 2.24) is 0 Å². The number of hydrogen-bond acceptors (Lipinski definition) is 4. The fourth-order valence-corrected chi connectivity index (χ4v) is 1.55. The van der Waals surface area contributed by atoms with Crippen LogP contribution in [-0.2, 0) is 0 Å². The van der Waals surface area contributed by atoms with Crippen molar-refractivity contribution in [2.24, 2.45) is 0 Å². The average molecular weight is 277 g/mol. The number of carboxylic acids is 1. The predicted octanol–water partition coefficient (Wildman–Crippen LogP) is 3.22. The van der Waals surface area contributed by atoms with Crippen molar-refractivity contribution in [2.45, 2.75) is 0 Å².